The van der Waals surface area contributed by atoms with Gasteiger partial charge >= 0.3 is 12.1 Å². The molecule has 5 rings (SSSR count). The van der Waals surface area contributed by atoms with Crippen LogP contribution in [0, 0.1) is 11.8 Å². The molecule has 3 aromatic carbocycles. The second-order valence-electron chi connectivity index (χ2n) is 12.0. The van der Waals surface area contributed by atoms with Gasteiger partial charge in [0.05, 0.1) is 24.2 Å². The topological polar surface area (TPSA) is 131 Å². The van der Waals surface area contributed by atoms with E-state index in [0.717, 1.165) is 23.4 Å². The Bertz CT molecular complexity index is 1580. The van der Waals surface area contributed by atoms with Crippen molar-refractivity contribution < 1.29 is 45.5 Å². The van der Waals surface area contributed by atoms with Crippen LogP contribution in [0.3, 0.4) is 0 Å². The summed E-state index contributed by atoms with van der Waals surface area (Å²) in [5.74, 6) is -2.94. The fourth-order valence-corrected chi connectivity index (χ4v) is 6.09. The maximum Gasteiger partial charge on any atom is 0.416 e. The van der Waals surface area contributed by atoms with Crippen molar-refractivity contribution in [2.75, 3.05) is 19.7 Å². The third-order valence-electron chi connectivity index (χ3n) is 8.57. The number of likely N-dealkylation sites (tertiary alicyclic amines) is 1. The smallest absolute Gasteiger partial charge is 0.416 e. The molecule has 0 aliphatic carbocycles. The number of amides is 3. The molecule has 0 saturated carbocycles. The summed E-state index contributed by atoms with van der Waals surface area (Å²) < 4.78 is 4.92. The van der Waals surface area contributed by atoms with Gasteiger partial charge in [-0.3, -0.25) is 14.7 Å². The van der Waals surface area contributed by atoms with Crippen LogP contribution < -0.4 is 0 Å². The monoisotopic (exact) mass is 681 g/mol. The van der Waals surface area contributed by atoms with Gasteiger partial charge in [0.1, 0.15) is 6.61 Å². The molecule has 250 valence electrons. The Morgan fingerprint density at radius 3 is 2.26 bits per heavy atom. The van der Waals surface area contributed by atoms with Crippen molar-refractivity contribution in [3.05, 3.63) is 107 Å². The Balaban J connectivity index is 0.00000500. The zero-order chi connectivity index (χ0) is 32.6. The molecule has 0 radical (unpaired) electrons. The Kier molecular flexibility index (Phi) is 12.5. The van der Waals surface area contributed by atoms with Crippen molar-refractivity contribution >= 4 is 35.3 Å². The van der Waals surface area contributed by atoms with Gasteiger partial charge in [-0.2, -0.15) is 0 Å². The third-order valence-corrected chi connectivity index (χ3v) is 8.57. The first-order valence-electron chi connectivity index (χ1n) is 15.7. The number of hydrogen-bond donors (Lipinski definition) is 1. The van der Waals surface area contributed by atoms with E-state index in [2.05, 4.69) is 10.2 Å². The van der Waals surface area contributed by atoms with Crippen LogP contribution in [0.25, 0.3) is 5.32 Å². The van der Waals surface area contributed by atoms with Crippen LogP contribution in [0.15, 0.2) is 89.9 Å². The second-order valence-corrected chi connectivity index (χ2v) is 12.0. The zero-order valence-corrected chi connectivity index (χ0v) is 27.4. The molecule has 2 saturated heterocycles. The molecule has 2 aliphatic heterocycles. The van der Waals surface area contributed by atoms with E-state index in [1.54, 1.807) is 24.3 Å². The standard InChI is InChI=1S/C36H40N4O6.Ni/c1-24(2)28(22-31(41)40-20-21-46-36(40)45)33(35(43)44)38-32(26-14-7-4-8-15-26)27-16-9-10-17-29(27)37-34(42)30-18-11-19-39(30)23-25-12-5-3-6-13-25;/h3-10,12-17,24,28,30,33H,11,18-23H2,1-2H3,(H2,37,38,42,43,44);/p-1/t28-,30-,33+;/m0./s1. The Morgan fingerprint density at radius 1 is 0.957 bits per heavy atom. The van der Waals surface area contributed by atoms with Gasteiger partial charge in [0, 0.05) is 40.9 Å². The van der Waals surface area contributed by atoms with E-state index in [1.807, 2.05) is 74.5 Å². The number of carbonyl (C=O) groups is 4. The van der Waals surface area contributed by atoms with Gasteiger partial charge in [-0.15, -0.1) is 5.69 Å². The van der Waals surface area contributed by atoms with Crippen LogP contribution in [0.5, 0.6) is 0 Å². The quantitative estimate of drug-likeness (QED) is 0.189. The van der Waals surface area contributed by atoms with Crippen LogP contribution in [-0.4, -0.2) is 76.3 Å². The van der Waals surface area contributed by atoms with Gasteiger partial charge in [0.15, 0.2) is 6.04 Å². The zero-order valence-electron chi connectivity index (χ0n) is 26.4. The normalized spacial score (nSPS) is 17.9. The van der Waals surface area contributed by atoms with E-state index in [1.165, 1.54) is 0 Å². The van der Waals surface area contributed by atoms with Gasteiger partial charge in [-0.05, 0) is 36.4 Å². The predicted molar refractivity (Wildman–Crippen MR) is 174 cm³/mol. The van der Waals surface area contributed by atoms with Crippen molar-refractivity contribution in [1.82, 2.24) is 9.80 Å². The van der Waals surface area contributed by atoms with Crippen LogP contribution in [-0.2, 0) is 42.2 Å². The molecule has 0 unspecified atom stereocenters. The summed E-state index contributed by atoms with van der Waals surface area (Å²) >= 11 is 0. The molecule has 1 N–H and O–H groups in total. The number of imide groups is 1. The van der Waals surface area contributed by atoms with E-state index in [4.69, 9.17) is 9.73 Å². The SMILES string of the molecule is CC(C)[C@H](CC(=O)N1CCOC1=O)[C@@H](N=C(c1ccccc1)c1ccccc1[N-]C(=O)[C@@H]1CCCN1Cc1ccccc1)C(=O)O.[Ni]. The van der Waals surface area contributed by atoms with Crippen molar-refractivity contribution in [1.29, 1.82) is 0 Å². The number of ether oxygens (including phenoxy) is 1. The van der Waals surface area contributed by atoms with Crippen molar-refractivity contribution in [3.63, 3.8) is 0 Å². The third kappa shape index (κ3) is 8.73. The molecule has 2 fully saturated rings. The van der Waals surface area contributed by atoms with Gasteiger partial charge in [0.25, 0.3) is 0 Å². The summed E-state index contributed by atoms with van der Waals surface area (Å²) in [4.78, 5) is 59.7. The van der Waals surface area contributed by atoms with Gasteiger partial charge in [-0.1, -0.05) is 98.8 Å². The maximum atomic E-state index is 13.7. The fourth-order valence-electron chi connectivity index (χ4n) is 6.09. The molecule has 10 nitrogen and oxygen atoms in total. The van der Waals surface area contributed by atoms with E-state index < -0.39 is 29.9 Å². The summed E-state index contributed by atoms with van der Waals surface area (Å²) in [6, 6.07) is 24.6. The number of hydrogen-bond acceptors (Lipinski definition) is 7. The molecular weight excluding hydrogens is 643 g/mol. The summed E-state index contributed by atoms with van der Waals surface area (Å²) in [6.45, 7) is 5.35. The Labute approximate surface area is 285 Å². The van der Waals surface area contributed by atoms with E-state index >= 15 is 0 Å². The van der Waals surface area contributed by atoms with E-state index in [0.29, 0.717) is 35.5 Å². The maximum absolute atomic E-state index is 13.7. The van der Waals surface area contributed by atoms with Gasteiger partial charge in [0.2, 0.25) is 5.91 Å². The molecule has 3 amide bonds. The van der Waals surface area contributed by atoms with Crippen LogP contribution in [0.1, 0.15) is 49.8 Å². The van der Waals surface area contributed by atoms with Crippen LogP contribution in [0.4, 0.5) is 10.5 Å². The molecule has 2 aliphatic rings. The minimum Gasteiger partial charge on any atom is -0.625 e. The predicted octanol–water partition coefficient (Wildman–Crippen LogP) is 5.81. The Hall–Kier alpha value is -4.34. The average molecular weight is 682 g/mol. The van der Waals surface area contributed by atoms with E-state index in [-0.39, 0.29) is 53.9 Å². The molecular formula is C36H39N4NiO6-. The first-order valence-corrected chi connectivity index (χ1v) is 15.7. The number of carboxylic acid groups (broad SMARTS) is 1. The van der Waals surface area contributed by atoms with Crippen LogP contribution >= 0.6 is 0 Å². The minimum atomic E-state index is -1.32. The summed E-state index contributed by atoms with van der Waals surface area (Å²) in [7, 11) is 0. The minimum absolute atomic E-state index is 0. The van der Waals surface area contributed by atoms with Gasteiger partial charge < -0.3 is 20.0 Å². The largest absolute Gasteiger partial charge is 0.625 e. The Morgan fingerprint density at radius 2 is 1.62 bits per heavy atom. The number of nitrogens with zero attached hydrogens (tertiary/aromatic N) is 4. The second kappa shape index (κ2) is 16.5. The number of aliphatic carboxylic acids is 1. The van der Waals surface area contributed by atoms with Crippen molar-refractivity contribution in [2.45, 2.75) is 51.7 Å². The van der Waals surface area contributed by atoms with Crippen molar-refractivity contribution in [2.24, 2.45) is 16.8 Å². The molecule has 3 aromatic rings. The molecule has 3 atom stereocenters. The van der Waals surface area contributed by atoms with Gasteiger partial charge in [-0.25, -0.2) is 14.5 Å². The number of aliphatic imine (C=N–C) groups is 1. The summed E-state index contributed by atoms with van der Waals surface area (Å²) in [6.07, 6.45) is 0.672. The number of carboxylic acids is 1. The molecule has 0 bridgehead atoms. The number of rotatable bonds is 12. The number of cyclic esters (lactones) is 1. The summed E-state index contributed by atoms with van der Waals surface area (Å²) in [5, 5.41) is 15.1. The molecule has 0 spiro atoms. The first kappa shape index (κ1) is 35.5. The molecule has 2 heterocycles. The first-order chi connectivity index (χ1) is 22.2. The summed E-state index contributed by atoms with van der Waals surface area (Å²) in [5.41, 5.74) is 3.03. The number of para-hydroxylation sites is 1. The molecule has 47 heavy (non-hydrogen) atoms. The average Bonchev–Trinajstić information content (AvgIpc) is 3.70. The fraction of sp³-hybridized carbons (Fsp3) is 0.361. The van der Waals surface area contributed by atoms with E-state index in [9.17, 15) is 24.3 Å². The molecule has 11 heteroatoms. The number of carbonyl (C=O) groups excluding carboxylic acids is 3. The molecule has 0 aromatic heterocycles. The van der Waals surface area contributed by atoms with Crippen molar-refractivity contribution in [3.8, 4) is 0 Å². The van der Waals surface area contributed by atoms with Crippen LogP contribution in [0.2, 0.25) is 0 Å². The number of benzene rings is 3.